The van der Waals surface area contributed by atoms with Gasteiger partial charge in [0, 0.05) is 13.2 Å². The summed E-state index contributed by atoms with van der Waals surface area (Å²) in [5.41, 5.74) is 2.90. The summed E-state index contributed by atoms with van der Waals surface area (Å²) in [6.07, 6.45) is 11.3. The van der Waals surface area contributed by atoms with E-state index in [-0.39, 0.29) is 0 Å². The fourth-order valence-corrected chi connectivity index (χ4v) is 3.47. The first-order valence-corrected chi connectivity index (χ1v) is 9.23. The average Bonchev–Trinajstić information content (AvgIpc) is 3.42. The number of aryl methyl sites for hydroxylation is 1. The van der Waals surface area contributed by atoms with Crippen LogP contribution in [0.15, 0.2) is 31.0 Å². The topological polar surface area (TPSA) is 107 Å². The highest BCUT2D eigenvalue weighted by Gasteiger charge is 2.19. The first kappa shape index (κ1) is 16.8. The SMILES string of the molecule is CN1CCC(n2cc(Nc3ncc4nnn(-c5cnn(C)c5)c4n3)cn2)CC1. The second kappa shape index (κ2) is 6.68. The van der Waals surface area contributed by atoms with Crippen LogP contribution in [0.5, 0.6) is 0 Å². The van der Waals surface area contributed by atoms with Gasteiger partial charge in [0.15, 0.2) is 11.2 Å². The van der Waals surface area contributed by atoms with Crippen LogP contribution in [0, 0.1) is 0 Å². The Labute approximate surface area is 161 Å². The monoisotopic (exact) mass is 379 g/mol. The first-order valence-electron chi connectivity index (χ1n) is 9.23. The molecule has 0 aromatic carbocycles. The zero-order chi connectivity index (χ0) is 19.1. The van der Waals surface area contributed by atoms with Gasteiger partial charge < -0.3 is 10.2 Å². The minimum Gasteiger partial charge on any atom is -0.321 e. The molecule has 5 rings (SSSR count). The van der Waals surface area contributed by atoms with E-state index in [9.17, 15) is 0 Å². The lowest BCUT2D eigenvalue weighted by atomic mass is 10.1. The summed E-state index contributed by atoms with van der Waals surface area (Å²) in [6.45, 7) is 2.19. The molecule has 1 aliphatic heterocycles. The molecule has 0 saturated carbocycles. The third-order valence-electron chi connectivity index (χ3n) is 5.05. The lowest BCUT2D eigenvalue weighted by Gasteiger charge is -2.28. The van der Waals surface area contributed by atoms with Crippen molar-refractivity contribution >= 4 is 22.8 Å². The highest BCUT2D eigenvalue weighted by atomic mass is 15.5. The van der Waals surface area contributed by atoms with Crippen LogP contribution in [0.25, 0.3) is 16.9 Å². The van der Waals surface area contributed by atoms with Crippen LogP contribution in [0.3, 0.4) is 0 Å². The lowest BCUT2D eigenvalue weighted by molar-refractivity contribution is 0.212. The van der Waals surface area contributed by atoms with E-state index in [0.29, 0.717) is 23.2 Å². The van der Waals surface area contributed by atoms with Crippen LogP contribution in [0.1, 0.15) is 18.9 Å². The molecule has 5 heterocycles. The summed E-state index contributed by atoms with van der Waals surface area (Å²) in [7, 11) is 4.01. The van der Waals surface area contributed by atoms with Gasteiger partial charge in [-0.05, 0) is 33.0 Å². The predicted molar refractivity (Wildman–Crippen MR) is 102 cm³/mol. The van der Waals surface area contributed by atoms with E-state index < -0.39 is 0 Å². The van der Waals surface area contributed by atoms with Crippen molar-refractivity contribution in [2.45, 2.75) is 18.9 Å². The molecule has 0 spiro atoms. The first-order chi connectivity index (χ1) is 13.7. The number of hydrogen-bond donors (Lipinski definition) is 1. The number of hydrogen-bond acceptors (Lipinski definition) is 8. The summed E-state index contributed by atoms with van der Waals surface area (Å²) in [4.78, 5) is 11.3. The minimum absolute atomic E-state index is 0.436. The van der Waals surface area contributed by atoms with Crippen molar-refractivity contribution in [3.05, 3.63) is 31.0 Å². The van der Waals surface area contributed by atoms with Gasteiger partial charge in [0.2, 0.25) is 5.95 Å². The maximum absolute atomic E-state index is 4.58. The Morgan fingerprint density at radius 3 is 2.68 bits per heavy atom. The standard InChI is InChI=1S/C17H21N11/c1-25-5-3-13(4-6-25)27-10-12(7-20-27)21-17-18-9-15-16(22-17)28(24-23-15)14-8-19-26(2)11-14/h7-11,13H,3-6H2,1-2H3,(H,18,21,22). The molecule has 11 heteroatoms. The lowest BCUT2D eigenvalue weighted by Crippen LogP contribution is -2.31. The van der Waals surface area contributed by atoms with Gasteiger partial charge in [0.05, 0.1) is 36.5 Å². The van der Waals surface area contributed by atoms with Crippen LogP contribution in [-0.2, 0) is 7.05 Å². The van der Waals surface area contributed by atoms with Gasteiger partial charge in [-0.2, -0.15) is 19.9 Å². The van der Waals surface area contributed by atoms with Gasteiger partial charge >= 0.3 is 0 Å². The van der Waals surface area contributed by atoms with E-state index >= 15 is 0 Å². The maximum atomic E-state index is 4.58. The maximum Gasteiger partial charge on any atom is 0.229 e. The molecule has 0 amide bonds. The van der Waals surface area contributed by atoms with Crippen molar-refractivity contribution in [2.24, 2.45) is 7.05 Å². The average molecular weight is 379 g/mol. The third kappa shape index (κ3) is 3.09. The van der Waals surface area contributed by atoms with Gasteiger partial charge in [-0.15, -0.1) is 5.10 Å². The number of likely N-dealkylation sites (tertiary alicyclic amines) is 1. The molecular weight excluding hydrogens is 358 g/mol. The van der Waals surface area contributed by atoms with Crippen molar-refractivity contribution in [3.8, 4) is 5.69 Å². The van der Waals surface area contributed by atoms with Gasteiger partial charge in [-0.25, -0.2) is 4.98 Å². The Bertz CT molecular complexity index is 1100. The summed E-state index contributed by atoms with van der Waals surface area (Å²) in [5.74, 6) is 0.475. The number of anilines is 2. The van der Waals surface area contributed by atoms with E-state index in [1.54, 1.807) is 21.8 Å². The zero-order valence-corrected chi connectivity index (χ0v) is 15.8. The van der Waals surface area contributed by atoms with Gasteiger partial charge in [0.25, 0.3) is 0 Å². The number of nitrogens with zero attached hydrogens (tertiary/aromatic N) is 10. The number of rotatable bonds is 4. The smallest absolute Gasteiger partial charge is 0.229 e. The van der Waals surface area contributed by atoms with Crippen molar-refractivity contribution < 1.29 is 0 Å². The Morgan fingerprint density at radius 2 is 1.89 bits per heavy atom. The normalized spacial score (nSPS) is 16.1. The molecule has 1 saturated heterocycles. The Kier molecular flexibility index (Phi) is 4.01. The van der Waals surface area contributed by atoms with Crippen LogP contribution >= 0.6 is 0 Å². The second-order valence-electron chi connectivity index (χ2n) is 7.14. The highest BCUT2D eigenvalue weighted by Crippen LogP contribution is 2.23. The molecule has 144 valence electrons. The summed E-state index contributed by atoms with van der Waals surface area (Å²) in [6, 6.07) is 0.436. The number of fused-ring (bicyclic) bond motifs is 1. The Balaban J connectivity index is 1.38. The molecule has 1 fully saturated rings. The molecule has 28 heavy (non-hydrogen) atoms. The van der Waals surface area contributed by atoms with Crippen LogP contribution in [0.4, 0.5) is 11.6 Å². The Morgan fingerprint density at radius 1 is 1.04 bits per heavy atom. The number of aromatic nitrogens is 9. The molecule has 1 aliphatic rings. The van der Waals surface area contributed by atoms with E-state index in [0.717, 1.165) is 37.3 Å². The molecular formula is C17H21N11. The molecule has 4 aromatic heterocycles. The predicted octanol–water partition coefficient (Wildman–Crippen LogP) is 1.15. The van der Waals surface area contributed by atoms with Crippen molar-refractivity contribution in [1.82, 2.24) is 49.4 Å². The number of piperidine rings is 1. The fraction of sp³-hybridized carbons (Fsp3) is 0.412. The van der Waals surface area contributed by atoms with Gasteiger partial charge in [0.1, 0.15) is 5.69 Å². The molecule has 4 aromatic rings. The third-order valence-corrected chi connectivity index (χ3v) is 5.05. The molecule has 0 bridgehead atoms. The van der Waals surface area contributed by atoms with E-state index in [4.69, 9.17) is 0 Å². The van der Waals surface area contributed by atoms with Crippen LogP contribution in [0.2, 0.25) is 0 Å². The Hall–Kier alpha value is -3.34. The largest absolute Gasteiger partial charge is 0.321 e. The molecule has 1 N–H and O–H groups in total. The van der Waals surface area contributed by atoms with E-state index in [1.807, 2.05) is 30.3 Å². The highest BCUT2D eigenvalue weighted by molar-refractivity contribution is 5.72. The molecule has 0 radical (unpaired) electrons. The molecule has 0 atom stereocenters. The minimum atomic E-state index is 0.436. The van der Waals surface area contributed by atoms with E-state index in [1.165, 1.54) is 0 Å². The molecule has 0 aliphatic carbocycles. The number of nitrogens with one attached hydrogen (secondary N) is 1. The van der Waals surface area contributed by atoms with Crippen molar-refractivity contribution in [2.75, 3.05) is 25.5 Å². The summed E-state index contributed by atoms with van der Waals surface area (Å²) < 4.78 is 5.40. The summed E-state index contributed by atoms with van der Waals surface area (Å²) >= 11 is 0. The second-order valence-corrected chi connectivity index (χ2v) is 7.14. The zero-order valence-electron chi connectivity index (χ0n) is 15.8. The van der Waals surface area contributed by atoms with Crippen LogP contribution < -0.4 is 5.32 Å². The quantitative estimate of drug-likeness (QED) is 0.563. The van der Waals surface area contributed by atoms with Crippen LogP contribution in [-0.4, -0.2) is 69.6 Å². The fourth-order valence-electron chi connectivity index (χ4n) is 3.47. The van der Waals surface area contributed by atoms with E-state index in [2.05, 4.69) is 47.7 Å². The van der Waals surface area contributed by atoms with Gasteiger partial charge in [-0.1, -0.05) is 5.21 Å². The van der Waals surface area contributed by atoms with Gasteiger partial charge in [-0.3, -0.25) is 9.36 Å². The summed E-state index contributed by atoms with van der Waals surface area (Å²) in [5, 5.41) is 20.2. The van der Waals surface area contributed by atoms with Crippen molar-refractivity contribution in [1.29, 1.82) is 0 Å². The molecule has 11 nitrogen and oxygen atoms in total. The molecule has 0 unspecified atom stereocenters. The van der Waals surface area contributed by atoms with Crippen molar-refractivity contribution in [3.63, 3.8) is 0 Å².